The molecule has 0 bridgehead atoms. The second-order valence-corrected chi connectivity index (χ2v) is 2.76. The molecule has 0 spiro atoms. The monoisotopic (exact) mass is 198 g/mol. The summed E-state index contributed by atoms with van der Waals surface area (Å²) in [6.45, 7) is 0. The molecule has 1 aromatic rings. The Morgan fingerprint density at radius 1 is 1.46 bits per heavy atom. The summed E-state index contributed by atoms with van der Waals surface area (Å²) in [5.74, 6) is 4.64. The van der Waals surface area contributed by atoms with Crippen molar-refractivity contribution in [3.63, 3.8) is 0 Å². The molecule has 0 radical (unpaired) electrons. The van der Waals surface area contributed by atoms with E-state index in [-0.39, 0.29) is 11.3 Å². The van der Waals surface area contributed by atoms with Gasteiger partial charge in [-0.15, -0.1) is 11.6 Å². The maximum Gasteiger partial charge on any atom is 0.180 e. The van der Waals surface area contributed by atoms with Crippen LogP contribution >= 0.6 is 11.6 Å². The standard InChI is InChI=1S/C10H8ClFO/c11-7-2-1-4-8-5-3-6-9(13)10(8)12/h3,5-6,13H,2,7H2. The number of hydrogen-bond donors (Lipinski definition) is 1. The molecule has 0 aliphatic carbocycles. The molecule has 0 aliphatic rings. The summed E-state index contributed by atoms with van der Waals surface area (Å²) >= 11 is 5.39. The average molecular weight is 199 g/mol. The van der Waals surface area contributed by atoms with Crippen molar-refractivity contribution < 1.29 is 9.50 Å². The molecule has 13 heavy (non-hydrogen) atoms. The highest BCUT2D eigenvalue weighted by Crippen LogP contribution is 2.17. The van der Waals surface area contributed by atoms with Crippen molar-refractivity contribution in [1.29, 1.82) is 0 Å². The second kappa shape index (κ2) is 4.74. The van der Waals surface area contributed by atoms with Crippen molar-refractivity contribution in [3.8, 4) is 17.6 Å². The van der Waals surface area contributed by atoms with E-state index in [1.807, 2.05) is 0 Å². The van der Waals surface area contributed by atoms with Gasteiger partial charge in [-0.1, -0.05) is 17.9 Å². The molecule has 0 aromatic heterocycles. The zero-order valence-electron chi connectivity index (χ0n) is 6.85. The van der Waals surface area contributed by atoms with E-state index < -0.39 is 5.82 Å². The van der Waals surface area contributed by atoms with Gasteiger partial charge in [-0.3, -0.25) is 0 Å². The third-order valence-corrected chi connectivity index (χ3v) is 1.61. The Kier molecular flexibility index (Phi) is 3.60. The number of rotatable bonds is 1. The van der Waals surface area contributed by atoms with Crippen molar-refractivity contribution in [2.75, 3.05) is 5.88 Å². The number of aromatic hydroxyl groups is 1. The van der Waals surface area contributed by atoms with E-state index in [0.29, 0.717) is 12.3 Å². The van der Waals surface area contributed by atoms with E-state index >= 15 is 0 Å². The van der Waals surface area contributed by atoms with Gasteiger partial charge in [0.1, 0.15) is 0 Å². The third kappa shape index (κ3) is 2.64. The Balaban J connectivity index is 2.91. The minimum absolute atomic E-state index is 0.199. The number of halogens is 2. The average Bonchev–Trinajstić information content (AvgIpc) is 2.13. The van der Waals surface area contributed by atoms with E-state index in [2.05, 4.69) is 11.8 Å². The largest absolute Gasteiger partial charge is 0.505 e. The fourth-order valence-electron chi connectivity index (χ4n) is 0.821. The predicted octanol–water partition coefficient (Wildman–Crippen LogP) is 2.51. The SMILES string of the molecule is Oc1cccc(C#CCCCl)c1F. The van der Waals surface area contributed by atoms with Crippen LogP contribution in [-0.2, 0) is 0 Å². The van der Waals surface area contributed by atoms with Crippen LogP contribution in [0.5, 0.6) is 5.75 Å². The quantitative estimate of drug-likeness (QED) is 0.543. The summed E-state index contributed by atoms with van der Waals surface area (Å²) in [6, 6.07) is 4.33. The Bertz CT molecular complexity index is 352. The highest BCUT2D eigenvalue weighted by atomic mass is 35.5. The maximum absolute atomic E-state index is 13.0. The molecule has 1 N–H and O–H groups in total. The number of hydrogen-bond acceptors (Lipinski definition) is 1. The fourth-order valence-corrected chi connectivity index (χ4v) is 0.916. The van der Waals surface area contributed by atoms with Crippen LogP contribution in [0.3, 0.4) is 0 Å². The molecule has 3 heteroatoms. The molecule has 1 nitrogen and oxygen atoms in total. The Hall–Kier alpha value is -1.20. The van der Waals surface area contributed by atoms with Crippen molar-refractivity contribution in [1.82, 2.24) is 0 Å². The summed E-state index contributed by atoms with van der Waals surface area (Å²) < 4.78 is 13.0. The lowest BCUT2D eigenvalue weighted by molar-refractivity contribution is 0.431. The lowest BCUT2D eigenvalue weighted by atomic mass is 10.2. The summed E-state index contributed by atoms with van der Waals surface area (Å²) in [5, 5.41) is 8.99. The molecule has 0 saturated carbocycles. The molecule has 0 unspecified atom stereocenters. The number of phenolic OH excluding ortho intramolecular Hbond substituents is 1. The van der Waals surface area contributed by atoms with Gasteiger partial charge in [-0.05, 0) is 12.1 Å². The molecule has 1 aromatic carbocycles. The first kappa shape index (κ1) is 9.88. The van der Waals surface area contributed by atoms with Gasteiger partial charge in [-0.2, -0.15) is 0 Å². The highest BCUT2D eigenvalue weighted by molar-refractivity contribution is 6.18. The van der Waals surface area contributed by atoms with Crippen molar-refractivity contribution in [2.24, 2.45) is 0 Å². The van der Waals surface area contributed by atoms with Gasteiger partial charge < -0.3 is 5.11 Å². The van der Waals surface area contributed by atoms with Gasteiger partial charge in [0.05, 0.1) is 5.56 Å². The van der Waals surface area contributed by atoms with E-state index in [0.717, 1.165) is 0 Å². The first-order chi connectivity index (χ1) is 6.25. The van der Waals surface area contributed by atoms with Crippen LogP contribution in [0.1, 0.15) is 12.0 Å². The zero-order valence-corrected chi connectivity index (χ0v) is 7.61. The molecule has 1 rings (SSSR count). The second-order valence-electron chi connectivity index (χ2n) is 2.38. The van der Waals surface area contributed by atoms with Crippen LogP contribution in [0.2, 0.25) is 0 Å². The van der Waals surface area contributed by atoms with Crippen LogP contribution in [0.15, 0.2) is 18.2 Å². The molecule has 0 fully saturated rings. The molecule has 0 amide bonds. The van der Waals surface area contributed by atoms with Crippen LogP contribution in [0.4, 0.5) is 4.39 Å². The summed E-state index contributed by atoms with van der Waals surface area (Å²) in [7, 11) is 0. The van der Waals surface area contributed by atoms with Gasteiger partial charge >= 0.3 is 0 Å². The summed E-state index contributed by atoms with van der Waals surface area (Å²) in [6.07, 6.45) is 0.511. The molecule has 0 aliphatic heterocycles. The minimum atomic E-state index is -0.676. The first-order valence-electron chi connectivity index (χ1n) is 3.78. The Morgan fingerprint density at radius 2 is 2.23 bits per heavy atom. The lowest BCUT2D eigenvalue weighted by Crippen LogP contribution is -1.83. The molecular weight excluding hydrogens is 191 g/mol. The van der Waals surface area contributed by atoms with Crippen LogP contribution in [0, 0.1) is 17.7 Å². The zero-order chi connectivity index (χ0) is 9.68. The van der Waals surface area contributed by atoms with Gasteiger partial charge in [0.2, 0.25) is 0 Å². The van der Waals surface area contributed by atoms with Gasteiger partial charge in [0.25, 0.3) is 0 Å². The van der Waals surface area contributed by atoms with Gasteiger partial charge in [0, 0.05) is 12.3 Å². The van der Waals surface area contributed by atoms with E-state index in [1.54, 1.807) is 6.07 Å². The van der Waals surface area contributed by atoms with E-state index in [9.17, 15) is 4.39 Å². The lowest BCUT2D eigenvalue weighted by Gasteiger charge is -1.95. The molecule has 0 saturated heterocycles. The normalized spacial score (nSPS) is 9.08. The van der Waals surface area contributed by atoms with Crippen LogP contribution in [-0.4, -0.2) is 11.0 Å². The maximum atomic E-state index is 13.0. The predicted molar refractivity (Wildman–Crippen MR) is 50.3 cm³/mol. The van der Waals surface area contributed by atoms with Gasteiger partial charge in [0.15, 0.2) is 11.6 Å². The molecule has 68 valence electrons. The van der Waals surface area contributed by atoms with Crippen molar-refractivity contribution in [3.05, 3.63) is 29.6 Å². The summed E-state index contributed by atoms with van der Waals surface area (Å²) in [4.78, 5) is 0. The van der Waals surface area contributed by atoms with Gasteiger partial charge in [-0.25, -0.2) is 4.39 Å². The molecular formula is C10H8ClFO. The highest BCUT2D eigenvalue weighted by Gasteiger charge is 2.02. The topological polar surface area (TPSA) is 20.2 Å². The number of alkyl halides is 1. The number of benzene rings is 1. The Morgan fingerprint density at radius 3 is 2.92 bits per heavy atom. The van der Waals surface area contributed by atoms with Crippen molar-refractivity contribution in [2.45, 2.75) is 6.42 Å². The summed E-state index contributed by atoms with van der Waals surface area (Å²) in [5.41, 5.74) is 0.199. The first-order valence-corrected chi connectivity index (χ1v) is 4.31. The minimum Gasteiger partial charge on any atom is -0.505 e. The van der Waals surface area contributed by atoms with Crippen LogP contribution in [0.25, 0.3) is 0 Å². The van der Waals surface area contributed by atoms with E-state index in [1.165, 1.54) is 12.1 Å². The molecule has 0 atom stereocenters. The van der Waals surface area contributed by atoms with Crippen molar-refractivity contribution >= 4 is 11.6 Å². The van der Waals surface area contributed by atoms with E-state index in [4.69, 9.17) is 16.7 Å². The molecule has 0 heterocycles. The number of phenols is 1. The third-order valence-electron chi connectivity index (χ3n) is 1.42. The fraction of sp³-hybridized carbons (Fsp3) is 0.200. The smallest absolute Gasteiger partial charge is 0.180 e. The van der Waals surface area contributed by atoms with Crippen LogP contribution < -0.4 is 0 Å². The Labute approximate surface area is 81.2 Å².